The highest BCUT2D eigenvalue weighted by molar-refractivity contribution is 5.87. The van der Waals surface area contributed by atoms with Gasteiger partial charge >= 0.3 is 18.1 Å². The standard InChI is InChI=1S/C30H35N3O6/c1-28(2,3)39-27(35)33-30(17-7-18-30)38-23-14-10-21(11-15-23)29(4,5)20-8-12-22(13-9-20)37-26-31-19-16-24(32-26)25(34)36-6/h8-16,19H,7,17-18H2,1-6H3,(H,33,35). The number of carbonyl (C=O) groups is 2. The fourth-order valence-electron chi connectivity index (χ4n) is 4.23. The van der Waals surface area contributed by atoms with Crippen LogP contribution in [-0.4, -0.2) is 40.5 Å². The van der Waals surface area contributed by atoms with Crippen molar-refractivity contribution >= 4 is 12.1 Å². The van der Waals surface area contributed by atoms with Crippen LogP contribution >= 0.6 is 0 Å². The lowest BCUT2D eigenvalue weighted by Crippen LogP contribution is -2.58. The fraction of sp³-hybridized carbons (Fsp3) is 0.400. The van der Waals surface area contributed by atoms with E-state index >= 15 is 0 Å². The summed E-state index contributed by atoms with van der Waals surface area (Å²) in [6, 6.07) is 17.1. The van der Waals surface area contributed by atoms with Gasteiger partial charge in [-0.3, -0.25) is 5.32 Å². The molecule has 0 aliphatic heterocycles. The molecule has 0 unspecified atom stereocenters. The van der Waals surface area contributed by atoms with Gasteiger partial charge in [-0.15, -0.1) is 0 Å². The number of methoxy groups -OCH3 is 1. The van der Waals surface area contributed by atoms with Crippen molar-refractivity contribution in [2.45, 2.75) is 70.6 Å². The molecule has 0 saturated heterocycles. The van der Waals surface area contributed by atoms with Gasteiger partial charge in [0.1, 0.15) is 17.1 Å². The number of esters is 1. The summed E-state index contributed by atoms with van der Waals surface area (Å²) in [7, 11) is 1.29. The van der Waals surface area contributed by atoms with Crippen LogP contribution in [0.4, 0.5) is 4.79 Å². The average molecular weight is 534 g/mol. The van der Waals surface area contributed by atoms with Crippen LogP contribution in [0.3, 0.4) is 0 Å². The number of ether oxygens (including phenoxy) is 4. The molecule has 3 aromatic rings. The molecule has 1 fully saturated rings. The van der Waals surface area contributed by atoms with Crippen LogP contribution in [0.15, 0.2) is 60.8 Å². The van der Waals surface area contributed by atoms with Crippen LogP contribution in [0, 0.1) is 0 Å². The summed E-state index contributed by atoms with van der Waals surface area (Å²) in [5.41, 5.74) is 0.679. The van der Waals surface area contributed by atoms with Gasteiger partial charge in [-0.05, 0) is 68.7 Å². The maximum absolute atomic E-state index is 12.3. The maximum atomic E-state index is 12.3. The van der Waals surface area contributed by atoms with Crippen LogP contribution in [0.1, 0.15) is 75.5 Å². The second-order valence-corrected chi connectivity index (χ2v) is 11.1. The summed E-state index contributed by atoms with van der Waals surface area (Å²) in [4.78, 5) is 32.2. The molecule has 1 aliphatic carbocycles. The molecule has 0 radical (unpaired) electrons. The molecule has 0 atom stereocenters. The molecule has 2 aromatic carbocycles. The number of alkyl carbamates (subject to hydrolysis) is 1. The van der Waals surface area contributed by atoms with Crippen LogP contribution in [-0.2, 0) is 14.9 Å². The molecule has 9 heteroatoms. The van der Waals surface area contributed by atoms with E-state index in [0.29, 0.717) is 11.5 Å². The van der Waals surface area contributed by atoms with E-state index < -0.39 is 23.4 Å². The number of hydrogen-bond donors (Lipinski definition) is 1. The molecule has 4 rings (SSSR count). The number of aromatic nitrogens is 2. The van der Waals surface area contributed by atoms with E-state index in [1.165, 1.54) is 19.4 Å². The third-order valence-corrected chi connectivity index (χ3v) is 6.59. The number of carbonyl (C=O) groups excluding carboxylic acids is 2. The minimum absolute atomic E-state index is 0.0610. The van der Waals surface area contributed by atoms with Gasteiger partial charge in [-0.1, -0.05) is 38.1 Å². The molecule has 1 heterocycles. The summed E-state index contributed by atoms with van der Waals surface area (Å²) in [6.45, 7) is 9.78. The van der Waals surface area contributed by atoms with Crippen LogP contribution in [0.25, 0.3) is 0 Å². The SMILES string of the molecule is COC(=O)c1ccnc(Oc2ccc(C(C)(C)c3ccc(OC4(NC(=O)OC(C)(C)C)CCC4)cc3)cc2)n1. The minimum Gasteiger partial charge on any atom is -0.468 e. The molecular formula is C30H35N3O6. The van der Waals surface area contributed by atoms with E-state index in [2.05, 4.69) is 29.1 Å². The van der Waals surface area contributed by atoms with Crippen molar-refractivity contribution in [3.63, 3.8) is 0 Å². The molecule has 1 saturated carbocycles. The first-order valence-corrected chi connectivity index (χ1v) is 12.9. The van der Waals surface area contributed by atoms with Crippen molar-refractivity contribution < 1.29 is 28.5 Å². The summed E-state index contributed by atoms with van der Waals surface area (Å²) >= 11 is 0. The predicted molar refractivity (Wildman–Crippen MR) is 145 cm³/mol. The second-order valence-electron chi connectivity index (χ2n) is 11.1. The number of nitrogens with one attached hydrogen (secondary N) is 1. The zero-order valence-electron chi connectivity index (χ0n) is 23.2. The Bertz CT molecular complexity index is 1310. The van der Waals surface area contributed by atoms with Crippen LogP contribution in [0.2, 0.25) is 0 Å². The second kappa shape index (κ2) is 10.9. The molecule has 1 amide bonds. The fourth-order valence-corrected chi connectivity index (χ4v) is 4.23. The highest BCUT2D eigenvalue weighted by atomic mass is 16.6. The van der Waals surface area contributed by atoms with Crippen molar-refractivity contribution in [3.05, 3.63) is 77.6 Å². The lowest BCUT2D eigenvalue weighted by molar-refractivity contribution is -0.0458. The predicted octanol–water partition coefficient (Wildman–Crippen LogP) is 6.17. The van der Waals surface area contributed by atoms with Gasteiger partial charge in [-0.2, -0.15) is 4.98 Å². The van der Waals surface area contributed by atoms with Crippen molar-refractivity contribution in [2.75, 3.05) is 7.11 Å². The topological polar surface area (TPSA) is 109 Å². The molecule has 1 aliphatic rings. The summed E-state index contributed by atoms with van der Waals surface area (Å²) in [5, 5.41) is 2.91. The summed E-state index contributed by atoms with van der Waals surface area (Å²) in [5.74, 6) is 0.671. The number of rotatable bonds is 8. The number of benzene rings is 2. The Morgan fingerprint density at radius 3 is 1.97 bits per heavy atom. The van der Waals surface area contributed by atoms with Gasteiger partial charge in [0.15, 0.2) is 11.4 Å². The zero-order chi connectivity index (χ0) is 28.3. The highest BCUT2D eigenvalue weighted by Crippen LogP contribution is 2.37. The Morgan fingerprint density at radius 2 is 1.46 bits per heavy atom. The quantitative estimate of drug-likeness (QED) is 0.271. The van der Waals surface area contributed by atoms with E-state index in [-0.39, 0.29) is 17.1 Å². The molecular weight excluding hydrogens is 498 g/mol. The largest absolute Gasteiger partial charge is 0.468 e. The van der Waals surface area contributed by atoms with Gasteiger partial charge < -0.3 is 18.9 Å². The first kappa shape index (κ1) is 27.9. The Balaban J connectivity index is 1.42. The van der Waals surface area contributed by atoms with Gasteiger partial charge in [0.25, 0.3) is 0 Å². The van der Waals surface area contributed by atoms with Crippen molar-refractivity contribution in [3.8, 4) is 17.5 Å². The average Bonchev–Trinajstić information content (AvgIpc) is 2.86. The lowest BCUT2D eigenvalue weighted by atomic mass is 9.78. The summed E-state index contributed by atoms with van der Waals surface area (Å²) in [6.07, 6.45) is 3.40. The summed E-state index contributed by atoms with van der Waals surface area (Å²) < 4.78 is 22.1. The number of hydrogen-bond acceptors (Lipinski definition) is 8. The first-order chi connectivity index (χ1) is 18.4. The monoisotopic (exact) mass is 533 g/mol. The van der Waals surface area contributed by atoms with Gasteiger partial charge in [0, 0.05) is 24.5 Å². The van der Waals surface area contributed by atoms with Gasteiger partial charge in [0.2, 0.25) is 0 Å². The van der Waals surface area contributed by atoms with Crippen LogP contribution < -0.4 is 14.8 Å². The Kier molecular flexibility index (Phi) is 7.81. The molecule has 1 N–H and O–H groups in total. The Hall–Kier alpha value is -4.14. The Morgan fingerprint density at radius 1 is 0.872 bits per heavy atom. The Labute approximate surface area is 228 Å². The molecule has 0 bridgehead atoms. The smallest absolute Gasteiger partial charge is 0.410 e. The first-order valence-electron chi connectivity index (χ1n) is 12.9. The third kappa shape index (κ3) is 6.85. The number of amides is 1. The molecule has 39 heavy (non-hydrogen) atoms. The van der Waals surface area contributed by atoms with E-state index in [9.17, 15) is 9.59 Å². The van der Waals surface area contributed by atoms with E-state index in [4.69, 9.17) is 18.9 Å². The lowest BCUT2D eigenvalue weighted by Gasteiger charge is -2.42. The molecule has 206 valence electrons. The molecule has 0 spiro atoms. The molecule has 9 nitrogen and oxygen atoms in total. The minimum atomic E-state index is -0.741. The van der Waals surface area contributed by atoms with Crippen molar-refractivity contribution in [2.24, 2.45) is 0 Å². The van der Waals surface area contributed by atoms with E-state index in [0.717, 1.165) is 30.4 Å². The number of nitrogens with zero attached hydrogens (tertiary/aromatic N) is 2. The van der Waals surface area contributed by atoms with Gasteiger partial charge in [0.05, 0.1) is 7.11 Å². The molecule has 1 aromatic heterocycles. The van der Waals surface area contributed by atoms with Crippen molar-refractivity contribution in [1.82, 2.24) is 15.3 Å². The third-order valence-electron chi connectivity index (χ3n) is 6.59. The van der Waals surface area contributed by atoms with E-state index in [1.54, 1.807) is 0 Å². The maximum Gasteiger partial charge on any atom is 0.410 e. The van der Waals surface area contributed by atoms with E-state index in [1.807, 2.05) is 69.3 Å². The van der Waals surface area contributed by atoms with Gasteiger partial charge in [-0.25, -0.2) is 14.6 Å². The van der Waals surface area contributed by atoms with Crippen LogP contribution in [0.5, 0.6) is 17.5 Å². The van der Waals surface area contributed by atoms with Crippen molar-refractivity contribution in [1.29, 1.82) is 0 Å². The zero-order valence-corrected chi connectivity index (χ0v) is 23.2. The highest BCUT2D eigenvalue weighted by Gasteiger charge is 2.42. The normalized spacial score (nSPS) is 14.5.